The zero-order valence-corrected chi connectivity index (χ0v) is 12.5. The zero-order valence-electron chi connectivity index (χ0n) is 11.8. The standard InChI is InChI=1S/C16H18ClNO3/c1-10(11-5-4-6-12(17)9-11)18-15(19)13-7-2-3-8-14(13)16(20)21/h2-6,9-10,13-14H,7-8H2,1H3,(H,18,19)(H,20,21)/t10-,13?,14?/m0/s1. The predicted octanol–water partition coefficient (Wildman–Crippen LogP) is 3.18. The molecule has 2 rings (SSSR count). The molecule has 0 saturated heterocycles. The third kappa shape index (κ3) is 3.85. The molecule has 0 bridgehead atoms. The van der Waals surface area contributed by atoms with Gasteiger partial charge in [0.2, 0.25) is 5.91 Å². The first kappa shape index (κ1) is 15.6. The van der Waals surface area contributed by atoms with Gasteiger partial charge in [0.15, 0.2) is 0 Å². The van der Waals surface area contributed by atoms with Crippen LogP contribution in [0.5, 0.6) is 0 Å². The number of nitrogens with one attached hydrogen (secondary N) is 1. The van der Waals surface area contributed by atoms with Crippen LogP contribution in [0.4, 0.5) is 0 Å². The minimum absolute atomic E-state index is 0.212. The number of amides is 1. The van der Waals surface area contributed by atoms with Crippen LogP contribution in [0.2, 0.25) is 5.02 Å². The molecule has 112 valence electrons. The molecule has 0 heterocycles. The van der Waals surface area contributed by atoms with E-state index in [0.29, 0.717) is 17.9 Å². The Hall–Kier alpha value is -1.81. The maximum atomic E-state index is 12.3. The molecular formula is C16H18ClNO3. The molecule has 4 nitrogen and oxygen atoms in total. The Labute approximate surface area is 128 Å². The number of hydrogen-bond donors (Lipinski definition) is 2. The second-order valence-electron chi connectivity index (χ2n) is 5.28. The van der Waals surface area contributed by atoms with Gasteiger partial charge in [-0.05, 0) is 37.5 Å². The van der Waals surface area contributed by atoms with E-state index in [1.54, 1.807) is 12.1 Å². The van der Waals surface area contributed by atoms with Gasteiger partial charge in [-0.2, -0.15) is 0 Å². The Balaban J connectivity index is 2.06. The summed E-state index contributed by atoms with van der Waals surface area (Å²) in [7, 11) is 0. The van der Waals surface area contributed by atoms with Gasteiger partial charge in [0.1, 0.15) is 0 Å². The Morgan fingerprint density at radius 1 is 1.29 bits per heavy atom. The van der Waals surface area contributed by atoms with E-state index in [1.807, 2.05) is 31.2 Å². The average molecular weight is 308 g/mol. The summed E-state index contributed by atoms with van der Waals surface area (Å²) in [6.45, 7) is 1.86. The first-order valence-electron chi connectivity index (χ1n) is 6.92. The van der Waals surface area contributed by atoms with E-state index in [0.717, 1.165) is 5.56 Å². The molecule has 1 aromatic rings. The molecule has 2 N–H and O–H groups in total. The fourth-order valence-electron chi connectivity index (χ4n) is 2.56. The summed E-state index contributed by atoms with van der Waals surface area (Å²) in [5.74, 6) is -2.31. The monoisotopic (exact) mass is 307 g/mol. The highest BCUT2D eigenvalue weighted by Gasteiger charge is 2.34. The van der Waals surface area contributed by atoms with Crippen molar-refractivity contribution < 1.29 is 14.7 Å². The van der Waals surface area contributed by atoms with Crippen molar-refractivity contribution in [2.24, 2.45) is 11.8 Å². The van der Waals surface area contributed by atoms with Crippen molar-refractivity contribution in [3.63, 3.8) is 0 Å². The number of carboxylic acids is 1. The summed E-state index contributed by atoms with van der Waals surface area (Å²) in [4.78, 5) is 23.6. The molecule has 21 heavy (non-hydrogen) atoms. The molecule has 0 radical (unpaired) electrons. The van der Waals surface area contributed by atoms with E-state index in [9.17, 15) is 14.7 Å². The van der Waals surface area contributed by atoms with Crippen LogP contribution in [-0.4, -0.2) is 17.0 Å². The highest BCUT2D eigenvalue weighted by Crippen LogP contribution is 2.27. The van der Waals surface area contributed by atoms with Crippen LogP contribution in [0.15, 0.2) is 36.4 Å². The van der Waals surface area contributed by atoms with Crippen LogP contribution in [0.3, 0.4) is 0 Å². The van der Waals surface area contributed by atoms with Crippen LogP contribution < -0.4 is 5.32 Å². The molecule has 0 saturated carbocycles. The SMILES string of the molecule is C[C@H](NC(=O)C1CC=CCC1C(=O)O)c1cccc(Cl)c1. The first-order valence-corrected chi connectivity index (χ1v) is 7.30. The van der Waals surface area contributed by atoms with Gasteiger partial charge in [-0.15, -0.1) is 0 Å². The molecule has 2 unspecified atom stereocenters. The molecule has 5 heteroatoms. The highest BCUT2D eigenvalue weighted by atomic mass is 35.5. The fourth-order valence-corrected chi connectivity index (χ4v) is 2.76. The Morgan fingerprint density at radius 3 is 2.57 bits per heavy atom. The minimum Gasteiger partial charge on any atom is -0.481 e. The number of hydrogen-bond acceptors (Lipinski definition) is 2. The lowest BCUT2D eigenvalue weighted by molar-refractivity contribution is -0.147. The molecule has 3 atom stereocenters. The van der Waals surface area contributed by atoms with Gasteiger partial charge in [-0.25, -0.2) is 0 Å². The van der Waals surface area contributed by atoms with Crippen LogP contribution >= 0.6 is 11.6 Å². The second-order valence-corrected chi connectivity index (χ2v) is 5.72. The van der Waals surface area contributed by atoms with Gasteiger partial charge in [-0.1, -0.05) is 35.9 Å². The zero-order chi connectivity index (χ0) is 15.4. The van der Waals surface area contributed by atoms with E-state index < -0.39 is 17.8 Å². The van der Waals surface area contributed by atoms with Gasteiger partial charge in [0.25, 0.3) is 0 Å². The normalized spacial score (nSPS) is 22.6. The number of rotatable bonds is 4. The van der Waals surface area contributed by atoms with Crippen LogP contribution in [0.25, 0.3) is 0 Å². The predicted molar refractivity (Wildman–Crippen MR) is 81.0 cm³/mol. The van der Waals surface area contributed by atoms with Gasteiger partial charge < -0.3 is 10.4 Å². The molecule has 1 aliphatic carbocycles. The molecule has 0 aliphatic heterocycles. The van der Waals surface area contributed by atoms with Crippen LogP contribution in [0, 0.1) is 11.8 Å². The van der Waals surface area contributed by atoms with E-state index in [-0.39, 0.29) is 11.9 Å². The molecule has 1 aromatic carbocycles. The van der Waals surface area contributed by atoms with E-state index >= 15 is 0 Å². The molecule has 0 fully saturated rings. The van der Waals surface area contributed by atoms with Crippen molar-refractivity contribution in [2.75, 3.05) is 0 Å². The fraction of sp³-hybridized carbons (Fsp3) is 0.375. The van der Waals surface area contributed by atoms with Crippen molar-refractivity contribution in [3.05, 3.63) is 47.0 Å². The third-order valence-electron chi connectivity index (χ3n) is 3.79. The number of carboxylic acid groups (broad SMARTS) is 1. The summed E-state index contributed by atoms with van der Waals surface area (Å²) < 4.78 is 0. The number of halogens is 1. The van der Waals surface area contributed by atoms with Gasteiger partial charge in [0, 0.05) is 5.02 Å². The lowest BCUT2D eigenvalue weighted by atomic mass is 9.82. The van der Waals surface area contributed by atoms with E-state index in [4.69, 9.17) is 11.6 Å². The molecule has 1 amide bonds. The summed E-state index contributed by atoms with van der Waals surface area (Å²) in [5, 5.41) is 12.7. The second kappa shape index (κ2) is 6.76. The Bertz CT molecular complexity index is 570. The lowest BCUT2D eigenvalue weighted by Gasteiger charge is -2.26. The van der Waals surface area contributed by atoms with E-state index in [2.05, 4.69) is 5.32 Å². The summed E-state index contributed by atoms with van der Waals surface area (Å²) in [6, 6.07) is 7.06. The number of carbonyl (C=O) groups excluding carboxylic acids is 1. The molecule has 1 aliphatic rings. The number of benzene rings is 1. The van der Waals surface area contributed by atoms with Crippen molar-refractivity contribution in [1.29, 1.82) is 0 Å². The summed E-state index contributed by atoms with van der Waals surface area (Å²) in [5.41, 5.74) is 0.897. The Morgan fingerprint density at radius 2 is 1.95 bits per heavy atom. The first-order chi connectivity index (χ1) is 9.99. The van der Waals surface area contributed by atoms with Gasteiger partial charge in [0.05, 0.1) is 17.9 Å². The average Bonchev–Trinajstić information content (AvgIpc) is 2.47. The quantitative estimate of drug-likeness (QED) is 0.840. The number of allylic oxidation sites excluding steroid dienone is 2. The van der Waals surface area contributed by atoms with Crippen molar-refractivity contribution in [3.8, 4) is 0 Å². The smallest absolute Gasteiger partial charge is 0.307 e. The number of carbonyl (C=O) groups is 2. The van der Waals surface area contributed by atoms with Crippen LogP contribution in [-0.2, 0) is 9.59 Å². The Kier molecular flexibility index (Phi) is 5.02. The van der Waals surface area contributed by atoms with E-state index in [1.165, 1.54) is 0 Å². The maximum Gasteiger partial charge on any atom is 0.307 e. The van der Waals surface area contributed by atoms with Crippen LogP contribution in [0.1, 0.15) is 31.4 Å². The van der Waals surface area contributed by atoms with Crippen molar-refractivity contribution in [2.45, 2.75) is 25.8 Å². The highest BCUT2D eigenvalue weighted by molar-refractivity contribution is 6.30. The summed E-state index contributed by atoms with van der Waals surface area (Å²) >= 11 is 5.94. The third-order valence-corrected chi connectivity index (χ3v) is 4.03. The topological polar surface area (TPSA) is 66.4 Å². The maximum absolute atomic E-state index is 12.3. The molecular weight excluding hydrogens is 290 g/mol. The summed E-state index contributed by atoms with van der Waals surface area (Å²) in [6.07, 6.45) is 4.56. The molecule has 0 spiro atoms. The molecule has 0 aromatic heterocycles. The van der Waals surface area contributed by atoms with Crippen molar-refractivity contribution in [1.82, 2.24) is 5.32 Å². The van der Waals surface area contributed by atoms with Gasteiger partial charge >= 0.3 is 5.97 Å². The number of aliphatic carboxylic acids is 1. The minimum atomic E-state index is -0.921. The largest absolute Gasteiger partial charge is 0.481 e. The van der Waals surface area contributed by atoms with Gasteiger partial charge in [-0.3, -0.25) is 9.59 Å². The van der Waals surface area contributed by atoms with Crippen molar-refractivity contribution >= 4 is 23.5 Å². The lowest BCUT2D eigenvalue weighted by Crippen LogP contribution is -2.39.